The third kappa shape index (κ3) is 4.16. The molecule has 3 rings (SSSR count). The van der Waals surface area contributed by atoms with Crippen molar-refractivity contribution in [3.05, 3.63) is 66.2 Å². The van der Waals surface area contributed by atoms with Crippen LogP contribution in [0.4, 0.5) is 5.69 Å². The molecule has 1 heterocycles. The summed E-state index contributed by atoms with van der Waals surface area (Å²) >= 11 is 1.40. The number of carbonyl (C=O) groups excluding carboxylic acids is 2. The molecule has 0 saturated carbocycles. The van der Waals surface area contributed by atoms with Gasteiger partial charge in [-0.15, -0.1) is 0 Å². The summed E-state index contributed by atoms with van der Waals surface area (Å²) in [5.41, 5.74) is 7.13. The van der Waals surface area contributed by atoms with Crippen molar-refractivity contribution in [3.63, 3.8) is 0 Å². The maximum atomic E-state index is 12.3. The lowest BCUT2D eigenvalue weighted by Gasteiger charge is -2.12. The van der Waals surface area contributed by atoms with E-state index in [9.17, 15) is 9.59 Å². The van der Waals surface area contributed by atoms with Gasteiger partial charge in [-0.2, -0.15) is 0 Å². The normalized spacial score (nSPS) is 11.9. The smallest absolute Gasteiger partial charge is 0.248 e. The molecule has 0 fully saturated rings. The summed E-state index contributed by atoms with van der Waals surface area (Å²) in [6, 6.07) is 18.3. The molecule has 0 bridgehead atoms. The molecule has 2 amide bonds. The number of para-hydroxylation sites is 1. The second kappa shape index (κ2) is 7.36. The Kier molecular flexibility index (Phi) is 5.00. The van der Waals surface area contributed by atoms with Gasteiger partial charge in [0, 0.05) is 16.6 Å². The van der Waals surface area contributed by atoms with Crippen LogP contribution in [-0.2, 0) is 4.79 Å². The molecule has 1 atom stereocenters. The maximum absolute atomic E-state index is 12.3. The highest BCUT2D eigenvalue weighted by Crippen LogP contribution is 2.24. The van der Waals surface area contributed by atoms with Crippen molar-refractivity contribution < 1.29 is 9.59 Å². The van der Waals surface area contributed by atoms with Gasteiger partial charge >= 0.3 is 0 Å². The Hall–Kier alpha value is -2.86. The molecule has 25 heavy (non-hydrogen) atoms. The average Bonchev–Trinajstić information content (AvgIpc) is 2.62. The molecule has 126 valence electrons. The maximum Gasteiger partial charge on any atom is 0.248 e. The monoisotopic (exact) mass is 351 g/mol. The van der Waals surface area contributed by atoms with E-state index in [1.165, 1.54) is 11.8 Å². The Bertz CT molecular complexity index is 925. The highest BCUT2D eigenvalue weighted by molar-refractivity contribution is 8.00. The number of rotatable bonds is 5. The lowest BCUT2D eigenvalue weighted by atomic mass is 10.2. The van der Waals surface area contributed by atoms with Crippen LogP contribution in [0.25, 0.3) is 10.9 Å². The van der Waals surface area contributed by atoms with Crippen molar-refractivity contribution in [2.45, 2.75) is 17.2 Å². The van der Waals surface area contributed by atoms with Gasteiger partial charge in [0.1, 0.15) is 0 Å². The zero-order valence-electron chi connectivity index (χ0n) is 13.6. The lowest BCUT2D eigenvalue weighted by molar-refractivity contribution is -0.115. The third-order valence-electron chi connectivity index (χ3n) is 3.68. The van der Waals surface area contributed by atoms with Crippen LogP contribution in [0.5, 0.6) is 0 Å². The van der Waals surface area contributed by atoms with Gasteiger partial charge in [-0.25, -0.2) is 4.98 Å². The summed E-state index contributed by atoms with van der Waals surface area (Å²) in [6.07, 6.45) is 0. The Morgan fingerprint density at radius 3 is 2.48 bits per heavy atom. The number of nitrogens with zero attached hydrogens (tertiary/aromatic N) is 1. The number of fused-ring (bicyclic) bond motifs is 1. The fourth-order valence-corrected chi connectivity index (χ4v) is 3.14. The van der Waals surface area contributed by atoms with E-state index in [0.29, 0.717) is 11.3 Å². The van der Waals surface area contributed by atoms with Crippen molar-refractivity contribution in [1.29, 1.82) is 0 Å². The number of benzene rings is 2. The Balaban J connectivity index is 1.66. The van der Waals surface area contributed by atoms with Crippen molar-refractivity contribution >= 4 is 40.2 Å². The molecule has 0 radical (unpaired) electrons. The van der Waals surface area contributed by atoms with Crippen molar-refractivity contribution in [1.82, 2.24) is 4.98 Å². The number of amides is 2. The first kappa shape index (κ1) is 17.0. The highest BCUT2D eigenvalue weighted by atomic mass is 32.2. The Morgan fingerprint density at radius 1 is 1.04 bits per heavy atom. The van der Waals surface area contributed by atoms with Crippen LogP contribution >= 0.6 is 11.8 Å². The Morgan fingerprint density at radius 2 is 1.76 bits per heavy atom. The van der Waals surface area contributed by atoms with Gasteiger partial charge in [-0.3, -0.25) is 9.59 Å². The molecule has 5 nitrogen and oxygen atoms in total. The second-order valence-electron chi connectivity index (χ2n) is 5.53. The summed E-state index contributed by atoms with van der Waals surface area (Å²) in [5.74, 6) is -0.629. The number of thioether (sulfide) groups is 1. The number of nitrogens with two attached hydrogens (primary N) is 1. The number of primary amides is 1. The van der Waals surface area contributed by atoms with E-state index in [1.54, 1.807) is 24.3 Å². The minimum absolute atomic E-state index is 0.133. The number of pyridine rings is 1. The second-order valence-corrected chi connectivity index (χ2v) is 6.89. The minimum atomic E-state index is -0.496. The standard InChI is InChI=1S/C19H17N3O2S/c1-12(19(24)21-15-9-6-14(7-10-15)18(20)23)25-17-11-8-13-4-2-3-5-16(13)22-17/h2-12H,1H3,(H2,20,23)(H,21,24). The van der Waals surface area contributed by atoms with Crippen LogP contribution in [0.2, 0.25) is 0 Å². The van der Waals surface area contributed by atoms with Gasteiger partial charge in [0.2, 0.25) is 11.8 Å². The zero-order chi connectivity index (χ0) is 17.8. The number of aromatic nitrogens is 1. The number of nitrogens with one attached hydrogen (secondary N) is 1. The van der Waals surface area contributed by atoms with E-state index in [-0.39, 0.29) is 11.2 Å². The number of carbonyl (C=O) groups is 2. The molecule has 3 N–H and O–H groups in total. The molecule has 0 aliphatic carbocycles. The molecule has 1 aromatic heterocycles. The van der Waals surface area contributed by atoms with Crippen LogP contribution in [0.3, 0.4) is 0 Å². The molecule has 0 aliphatic rings. The van der Waals surface area contributed by atoms with Crippen molar-refractivity contribution in [3.8, 4) is 0 Å². The fourth-order valence-electron chi connectivity index (χ4n) is 2.31. The van der Waals surface area contributed by atoms with Gasteiger partial charge in [-0.05, 0) is 43.3 Å². The minimum Gasteiger partial charge on any atom is -0.366 e. The largest absolute Gasteiger partial charge is 0.366 e. The van der Waals surface area contributed by atoms with Crippen molar-refractivity contribution in [2.24, 2.45) is 5.73 Å². The molecular formula is C19H17N3O2S. The quantitative estimate of drug-likeness (QED) is 0.690. The molecule has 2 aromatic carbocycles. The predicted octanol–water partition coefficient (Wildman–Crippen LogP) is 3.45. The van der Waals surface area contributed by atoms with Gasteiger partial charge in [0.15, 0.2) is 0 Å². The van der Waals surface area contributed by atoms with E-state index in [0.717, 1.165) is 15.9 Å². The summed E-state index contributed by atoms with van der Waals surface area (Å²) in [4.78, 5) is 28.0. The SMILES string of the molecule is CC(Sc1ccc2ccccc2n1)C(=O)Nc1ccc(C(N)=O)cc1. The highest BCUT2D eigenvalue weighted by Gasteiger charge is 2.15. The van der Waals surface area contributed by atoms with Crippen LogP contribution in [0.15, 0.2) is 65.7 Å². The molecule has 0 aliphatic heterocycles. The lowest BCUT2D eigenvalue weighted by Crippen LogP contribution is -2.22. The van der Waals surface area contributed by atoms with E-state index in [2.05, 4.69) is 10.3 Å². The van der Waals surface area contributed by atoms with Crippen LogP contribution in [0, 0.1) is 0 Å². The molecule has 6 heteroatoms. The fraction of sp³-hybridized carbons (Fsp3) is 0.105. The van der Waals surface area contributed by atoms with Crippen LogP contribution < -0.4 is 11.1 Å². The first-order valence-corrected chi connectivity index (χ1v) is 8.64. The number of hydrogen-bond acceptors (Lipinski definition) is 4. The van der Waals surface area contributed by atoms with Crippen LogP contribution in [-0.4, -0.2) is 22.0 Å². The number of hydrogen-bond donors (Lipinski definition) is 2. The van der Waals surface area contributed by atoms with E-state index >= 15 is 0 Å². The molecular weight excluding hydrogens is 334 g/mol. The summed E-state index contributed by atoms with van der Waals surface area (Å²) in [5, 5.41) is 4.38. The van der Waals surface area contributed by atoms with E-state index in [4.69, 9.17) is 5.73 Å². The first-order chi connectivity index (χ1) is 12.0. The van der Waals surface area contributed by atoms with Crippen LogP contribution in [0.1, 0.15) is 17.3 Å². The summed E-state index contributed by atoms with van der Waals surface area (Å²) in [6.45, 7) is 1.83. The first-order valence-electron chi connectivity index (χ1n) is 7.76. The van der Waals surface area contributed by atoms with Gasteiger partial charge in [0.05, 0.1) is 15.8 Å². The average molecular weight is 351 g/mol. The molecule has 1 unspecified atom stereocenters. The third-order valence-corrected chi connectivity index (χ3v) is 4.71. The molecule has 0 saturated heterocycles. The summed E-state index contributed by atoms with van der Waals surface area (Å²) < 4.78 is 0. The van der Waals surface area contributed by atoms with Gasteiger partial charge in [-0.1, -0.05) is 36.0 Å². The number of anilines is 1. The topological polar surface area (TPSA) is 85.1 Å². The van der Waals surface area contributed by atoms with Crippen molar-refractivity contribution in [2.75, 3.05) is 5.32 Å². The van der Waals surface area contributed by atoms with E-state index in [1.807, 2.05) is 43.3 Å². The summed E-state index contributed by atoms with van der Waals surface area (Å²) in [7, 11) is 0. The Labute approximate surface area is 149 Å². The zero-order valence-corrected chi connectivity index (χ0v) is 14.4. The van der Waals surface area contributed by atoms with Gasteiger partial charge in [0.25, 0.3) is 0 Å². The molecule has 3 aromatic rings. The molecule has 0 spiro atoms. The van der Waals surface area contributed by atoms with Gasteiger partial charge < -0.3 is 11.1 Å². The van der Waals surface area contributed by atoms with E-state index < -0.39 is 5.91 Å². The predicted molar refractivity (Wildman–Crippen MR) is 101 cm³/mol.